The number of fused-ring (bicyclic) bond motifs is 1. The van der Waals surface area contributed by atoms with E-state index in [4.69, 9.17) is 17.2 Å². The number of piperidine rings is 1. The first kappa shape index (κ1) is 22.8. The van der Waals surface area contributed by atoms with Gasteiger partial charge in [-0.15, -0.1) is 0 Å². The summed E-state index contributed by atoms with van der Waals surface area (Å²) in [5, 5.41) is 0. The zero-order chi connectivity index (χ0) is 23.7. The zero-order valence-corrected chi connectivity index (χ0v) is 20.6. The Balaban J connectivity index is 1.49. The van der Waals surface area contributed by atoms with Gasteiger partial charge in [-0.1, -0.05) is 67.3 Å². The van der Waals surface area contributed by atoms with Crippen LogP contribution >= 0.6 is 24.0 Å². The van der Waals surface area contributed by atoms with E-state index in [-0.39, 0.29) is 11.5 Å². The number of amides is 1. The molecule has 0 atom stereocenters. The fraction of sp³-hybridized carbons (Fsp3) is 0.308. The summed E-state index contributed by atoms with van der Waals surface area (Å²) < 4.78 is 2.06. The molecule has 6 nitrogen and oxygen atoms in total. The van der Waals surface area contributed by atoms with Crippen LogP contribution in [0.25, 0.3) is 11.7 Å². The second kappa shape index (κ2) is 9.72. The average Bonchev–Trinajstić information content (AvgIpc) is 3.12. The van der Waals surface area contributed by atoms with E-state index in [1.54, 1.807) is 17.2 Å². The van der Waals surface area contributed by atoms with Crippen molar-refractivity contribution in [2.24, 2.45) is 5.92 Å². The largest absolute Gasteiger partial charge is 0.356 e. The third kappa shape index (κ3) is 4.52. The van der Waals surface area contributed by atoms with E-state index in [2.05, 4.69) is 11.8 Å². The van der Waals surface area contributed by atoms with E-state index in [0.717, 1.165) is 37.9 Å². The van der Waals surface area contributed by atoms with Gasteiger partial charge in [-0.25, -0.2) is 4.98 Å². The minimum Gasteiger partial charge on any atom is -0.356 e. The van der Waals surface area contributed by atoms with Gasteiger partial charge in [0.05, 0.1) is 10.5 Å². The molecule has 5 rings (SSSR count). The Bertz CT molecular complexity index is 1330. The van der Waals surface area contributed by atoms with Crippen molar-refractivity contribution in [1.82, 2.24) is 14.3 Å². The summed E-state index contributed by atoms with van der Waals surface area (Å²) in [7, 11) is 0. The van der Waals surface area contributed by atoms with E-state index in [1.165, 1.54) is 16.2 Å². The normalized spacial score (nSPS) is 18.4. The molecule has 3 aromatic rings. The van der Waals surface area contributed by atoms with Crippen molar-refractivity contribution in [1.29, 1.82) is 0 Å². The van der Waals surface area contributed by atoms with Gasteiger partial charge in [-0.3, -0.25) is 18.9 Å². The number of rotatable bonds is 5. The van der Waals surface area contributed by atoms with Crippen LogP contribution in [-0.4, -0.2) is 44.1 Å². The number of benzene rings is 1. The number of hydrogen-bond acceptors (Lipinski definition) is 6. The topological polar surface area (TPSA) is 57.9 Å². The molecule has 0 saturated carbocycles. The van der Waals surface area contributed by atoms with Crippen LogP contribution < -0.4 is 10.5 Å². The van der Waals surface area contributed by atoms with Crippen molar-refractivity contribution in [3.05, 3.63) is 81.1 Å². The summed E-state index contributed by atoms with van der Waals surface area (Å²) in [4.78, 5) is 35.9. The van der Waals surface area contributed by atoms with E-state index < -0.39 is 0 Å². The summed E-state index contributed by atoms with van der Waals surface area (Å²) in [6, 6.07) is 15.6. The number of thioether (sulfide) groups is 1. The maximum atomic E-state index is 13.5. The summed E-state index contributed by atoms with van der Waals surface area (Å²) in [5.41, 5.74) is 2.03. The molecule has 0 radical (unpaired) electrons. The van der Waals surface area contributed by atoms with Crippen molar-refractivity contribution in [2.75, 3.05) is 24.5 Å². The number of carbonyl (C=O) groups is 1. The first-order chi connectivity index (χ1) is 16.5. The van der Waals surface area contributed by atoms with Crippen molar-refractivity contribution in [2.45, 2.75) is 26.2 Å². The molecule has 0 spiro atoms. The molecule has 0 unspecified atom stereocenters. The van der Waals surface area contributed by atoms with Crippen LogP contribution in [0.3, 0.4) is 0 Å². The van der Waals surface area contributed by atoms with E-state index in [9.17, 15) is 9.59 Å². The third-order valence-electron chi connectivity index (χ3n) is 6.45. The molecule has 1 aromatic carbocycles. The molecule has 2 saturated heterocycles. The van der Waals surface area contributed by atoms with Crippen LogP contribution in [0.5, 0.6) is 0 Å². The van der Waals surface area contributed by atoms with Crippen LogP contribution in [0.2, 0.25) is 0 Å². The second-order valence-corrected chi connectivity index (χ2v) is 10.5. The van der Waals surface area contributed by atoms with Gasteiger partial charge in [-0.2, -0.15) is 0 Å². The first-order valence-corrected chi connectivity index (χ1v) is 12.8. The predicted octanol–water partition coefficient (Wildman–Crippen LogP) is 4.37. The molecule has 0 aliphatic carbocycles. The van der Waals surface area contributed by atoms with Gasteiger partial charge in [0.1, 0.15) is 15.8 Å². The molecule has 2 aromatic heterocycles. The maximum Gasteiger partial charge on any atom is 0.267 e. The smallest absolute Gasteiger partial charge is 0.267 e. The Morgan fingerprint density at radius 2 is 1.82 bits per heavy atom. The number of pyridine rings is 1. The van der Waals surface area contributed by atoms with Crippen molar-refractivity contribution in [3.63, 3.8) is 0 Å². The Labute approximate surface area is 208 Å². The fourth-order valence-corrected chi connectivity index (χ4v) is 5.68. The Kier molecular flexibility index (Phi) is 6.52. The average molecular weight is 491 g/mol. The van der Waals surface area contributed by atoms with Gasteiger partial charge >= 0.3 is 0 Å². The van der Waals surface area contributed by atoms with Gasteiger partial charge in [-0.05, 0) is 49.0 Å². The van der Waals surface area contributed by atoms with Gasteiger partial charge in [0, 0.05) is 25.8 Å². The standard InChI is InChI=1S/C26H26N4O2S2/c1-18-10-14-28(15-11-18)23-20(24(31)29-13-6-5-9-22(29)27-23)17-21-25(32)30(26(33)34-21)16-12-19-7-3-2-4-8-19/h2-9,13,17-18H,10-12,14-16H2,1H3/b21-17+. The molecule has 0 N–H and O–H groups in total. The zero-order valence-electron chi connectivity index (χ0n) is 19.0. The molecule has 174 valence electrons. The van der Waals surface area contributed by atoms with Crippen LogP contribution in [0.1, 0.15) is 30.9 Å². The molecular formula is C26H26N4O2S2. The van der Waals surface area contributed by atoms with E-state index in [0.29, 0.717) is 38.7 Å². The van der Waals surface area contributed by atoms with Gasteiger partial charge < -0.3 is 4.90 Å². The summed E-state index contributed by atoms with van der Waals surface area (Å²) in [5.74, 6) is 1.15. The molecule has 1 amide bonds. The maximum absolute atomic E-state index is 13.5. The monoisotopic (exact) mass is 490 g/mol. The highest BCUT2D eigenvalue weighted by Gasteiger charge is 2.33. The van der Waals surface area contributed by atoms with Crippen LogP contribution in [0.15, 0.2) is 64.4 Å². The summed E-state index contributed by atoms with van der Waals surface area (Å²) >= 11 is 6.78. The quantitative estimate of drug-likeness (QED) is 0.391. The lowest BCUT2D eigenvalue weighted by atomic mass is 9.99. The van der Waals surface area contributed by atoms with Crippen molar-refractivity contribution >= 4 is 51.7 Å². The SMILES string of the molecule is CC1CCN(c2nc3ccccn3c(=O)c2/C=C2/SC(=S)N(CCc3ccccc3)C2=O)CC1. The lowest BCUT2D eigenvalue weighted by Gasteiger charge is -2.32. The first-order valence-electron chi connectivity index (χ1n) is 11.6. The minimum absolute atomic E-state index is 0.151. The molecule has 0 bridgehead atoms. The van der Waals surface area contributed by atoms with Crippen LogP contribution in [0, 0.1) is 5.92 Å². The van der Waals surface area contributed by atoms with Crippen molar-refractivity contribution < 1.29 is 4.79 Å². The van der Waals surface area contributed by atoms with E-state index in [1.807, 2.05) is 48.5 Å². The number of hydrogen-bond donors (Lipinski definition) is 0. The van der Waals surface area contributed by atoms with Gasteiger partial charge in [0.25, 0.3) is 11.5 Å². The molecule has 2 fully saturated rings. The highest BCUT2D eigenvalue weighted by Crippen LogP contribution is 2.34. The molecule has 2 aliphatic heterocycles. The molecule has 2 aliphatic rings. The number of nitrogens with zero attached hydrogens (tertiary/aromatic N) is 4. The molecule has 4 heterocycles. The predicted molar refractivity (Wildman–Crippen MR) is 142 cm³/mol. The Morgan fingerprint density at radius 1 is 1.09 bits per heavy atom. The Hall–Kier alpha value is -2.97. The van der Waals surface area contributed by atoms with E-state index >= 15 is 0 Å². The van der Waals surface area contributed by atoms with Crippen LogP contribution in [-0.2, 0) is 11.2 Å². The lowest BCUT2D eigenvalue weighted by Crippen LogP contribution is -2.36. The number of anilines is 1. The Morgan fingerprint density at radius 3 is 2.59 bits per heavy atom. The van der Waals surface area contributed by atoms with Gasteiger partial charge in [0.2, 0.25) is 0 Å². The number of aromatic nitrogens is 2. The highest BCUT2D eigenvalue weighted by molar-refractivity contribution is 8.26. The molecule has 34 heavy (non-hydrogen) atoms. The fourth-order valence-electron chi connectivity index (χ4n) is 4.39. The van der Waals surface area contributed by atoms with Gasteiger partial charge in [0.15, 0.2) is 0 Å². The van der Waals surface area contributed by atoms with Crippen LogP contribution in [0.4, 0.5) is 5.82 Å². The van der Waals surface area contributed by atoms with Crippen molar-refractivity contribution in [3.8, 4) is 0 Å². The number of carbonyl (C=O) groups excluding carboxylic acids is 1. The minimum atomic E-state index is -0.172. The lowest BCUT2D eigenvalue weighted by molar-refractivity contribution is -0.122. The molecular weight excluding hydrogens is 464 g/mol. The second-order valence-electron chi connectivity index (χ2n) is 8.82. The summed E-state index contributed by atoms with van der Waals surface area (Å²) in [6.07, 6.45) is 6.24. The molecule has 8 heteroatoms. The third-order valence-corrected chi connectivity index (χ3v) is 7.83. The highest BCUT2D eigenvalue weighted by atomic mass is 32.2. The summed E-state index contributed by atoms with van der Waals surface area (Å²) in [6.45, 7) is 4.45. The number of thiocarbonyl (C=S) groups is 1.